The molecule has 1 saturated heterocycles. The molecule has 2 atom stereocenters. The monoisotopic (exact) mass is 349 g/mol. The normalized spacial score (nSPS) is 19.4. The molecule has 0 saturated carbocycles. The van der Waals surface area contributed by atoms with Crippen LogP contribution in [0.4, 0.5) is 5.69 Å². The van der Waals surface area contributed by atoms with Gasteiger partial charge < -0.3 is 9.64 Å². The lowest BCUT2D eigenvalue weighted by Crippen LogP contribution is -2.45. The van der Waals surface area contributed by atoms with Gasteiger partial charge in [-0.1, -0.05) is 12.1 Å². The number of rotatable bonds is 7. The number of non-ortho nitro benzene ring substituents is 1. The third kappa shape index (κ3) is 4.99. The van der Waals surface area contributed by atoms with Crippen LogP contribution < -0.4 is 0 Å². The van der Waals surface area contributed by atoms with Crippen molar-refractivity contribution in [2.24, 2.45) is 5.92 Å². The summed E-state index contributed by atoms with van der Waals surface area (Å²) >= 11 is 0. The van der Waals surface area contributed by atoms with Gasteiger partial charge in [-0.15, -0.1) is 0 Å². The van der Waals surface area contributed by atoms with Gasteiger partial charge in [-0.2, -0.15) is 0 Å². The van der Waals surface area contributed by atoms with E-state index in [1.165, 1.54) is 6.07 Å². The number of nitrogens with zero attached hydrogens (tertiary/aromatic N) is 3. The summed E-state index contributed by atoms with van der Waals surface area (Å²) < 4.78 is 5.04. The molecule has 25 heavy (non-hydrogen) atoms. The first-order chi connectivity index (χ1) is 11.9. The number of nitro benzene ring substituents is 1. The Morgan fingerprint density at radius 2 is 2.28 bits per heavy atom. The van der Waals surface area contributed by atoms with Crippen molar-refractivity contribution in [2.75, 3.05) is 40.4 Å². The Morgan fingerprint density at radius 1 is 1.52 bits per heavy atom. The highest BCUT2D eigenvalue weighted by molar-refractivity contribution is 5.78. The molecule has 138 valence electrons. The molecule has 0 radical (unpaired) electrons. The maximum atomic E-state index is 12.6. The fourth-order valence-electron chi connectivity index (χ4n) is 3.32. The van der Waals surface area contributed by atoms with Gasteiger partial charge in [0.15, 0.2) is 0 Å². The molecule has 1 amide bonds. The summed E-state index contributed by atoms with van der Waals surface area (Å²) in [6, 6.07) is 6.80. The number of benzene rings is 1. The quantitative estimate of drug-likeness (QED) is 0.558. The second-order valence-corrected chi connectivity index (χ2v) is 6.61. The van der Waals surface area contributed by atoms with E-state index < -0.39 is 0 Å². The summed E-state index contributed by atoms with van der Waals surface area (Å²) in [5, 5.41) is 11.0. The molecular formula is C18H27N3O4. The average molecular weight is 349 g/mol. The number of methoxy groups -OCH3 is 1. The van der Waals surface area contributed by atoms with Crippen molar-refractivity contribution in [2.45, 2.75) is 25.8 Å². The van der Waals surface area contributed by atoms with Crippen LogP contribution in [0.25, 0.3) is 0 Å². The van der Waals surface area contributed by atoms with Crippen LogP contribution >= 0.6 is 0 Å². The first-order valence-corrected chi connectivity index (χ1v) is 8.66. The predicted octanol–water partition coefficient (Wildman–Crippen LogP) is 2.47. The van der Waals surface area contributed by atoms with E-state index in [0.717, 1.165) is 24.9 Å². The van der Waals surface area contributed by atoms with E-state index in [0.29, 0.717) is 19.7 Å². The van der Waals surface area contributed by atoms with E-state index in [-0.39, 0.29) is 28.5 Å². The lowest BCUT2D eigenvalue weighted by Gasteiger charge is -2.37. The van der Waals surface area contributed by atoms with Crippen LogP contribution in [0.5, 0.6) is 0 Å². The zero-order valence-electron chi connectivity index (χ0n) is 15.2. The molecule has 0 unspecified atom stereocenters. The summed E-state index contributed by atoms with van der Waals surface area (Å²) in [7, 11) is 3.44. The molecule has 1 aliphatic rings. The molecule has 1 fully saturated rings. The van der Waals surface area contributed by atoms with Crippen molar-refractivity contribution in [3.8, 4) is 0 Å². The second kappa shape index (κ2) is 8.92. The summed E-state index contributed by atoms with van der Waals surface area (Å²) in [6.07, 6.45) is 1.84. The smallest absolute Gasteiger partial charge is 0.269 e. The zero-order valence-corrected chi connectivity index (χ0v) is 15.2. The molecule has 1 aromatic carbocycles. The minimum Gasteiger partial charge on any atom is -0.383 e. The highest BCUT2D eigenvalue weighted by Crippen LogP contribution is 2.29. The van der Waals surface area contributed by atoms with Gasteiger partial charge >= 0.3 is 0 Å². The molecule has 0 aliphatic carbocycles. The Morgan fingerprint density at radius 3 is 2.96 bits per heavy atom. The number of piperidine rings is 1. The number of hydrogen-bond donors (Lipinski definition) is 0. The van der Waals surface area contributed by atoms with E-state index in [1.807, 2.05) is 20.0 Å². The van der Waals surface area contributed by atoms with E-state index >= 15 is 0 Å². The van der Waals surface area contributed by atoms with Gasteiger partial charge in [0, 0.05) is 45.4 Å². The van der Waals surface area contributed by atoms with Gasteiger partial charge in [0.2, 0.25) is 5.91 Å². The second-order valence-electron chi connectivity index (χ2n) is 6.61. The van der Waals surface area contributed by atoms with Crippen molar-refractivity contribution in [3.63, 3.8) is 0 Å². The standard InChI is InChI=1S/C18H27N3O4/c1-14(15-6-4-8-17(12-15)21(23)24)20-9-5-7-16(13-20)18(22)19(2)10-11-25-3/h4,6,8,12,14,16H,5,7,9-11,13H2,1-3H3/t14-,16-/m0/s1. The lowest BCUT2D eigenvalue weighted by atomic mass is 9.94. The van der Waals surface area contributed by atoms with Crippen LogP contribution in [0.1, 0.15) is 31.4 Å². The van der Waals surface area contributed by atoms with Gasteiger partial charge in [-0.05, 0) is 31.9 Å². The summed E-state index contributed by atoms with van der Waals surface area (Å²) in [6.45, 7) is 4.74. The molecule has 0 spiro atoms. The van der Waals surface area contributed by atoms with Gasteiger partial charge in [0.25, 0.3) is 5.69 Å². The molecule has 7 nitrogen and oxygen atoms in total. The summed E-state index contributed by atoms with van der Waals surface area (Å²) in [5.41, 5.74) is 1.02. The first kappa shape index (κ1) is 19.3. The van der Waals surface area contributed by atoms with Gasteiger partial charge in [-0.3, -0.25) is 19.8 Å². The maximum Gasteiger partial charge on any atom is 0.269 e. The number of amides is 1. The molecule has 7 heteroatoms. The highest BCUT2D eigenvalue weighted by atomic mass is 16.6. The van der Waals surface area contributed by atoms with Gasteiger partial charge in [-0.25, -0.2) is 0 Å². The van der Waals surface area contributed by atoms with Crippen molar-refractivity contribution in [3.05, 3.63) is 39.9 Å². The van der Waals surface area contributed by atoms with Crippen LogP contribution in [0.2, 0.25) is 0 Å². The topological polar surface area (TPSA) is 75.9 Å². The van der Waals surface area contributed by atoms with Gasteiger partial charge in [0.05, 0.1) is 17.4 Å². The third-order valence-corrected chi connectivity index (χ3v) is 4.92. The molecule has 2 rings (SSSR count). The SMILES string of the molecule is COCCN(C)C(=O)[C@H]1CCCN([C@@H](C)c2cccc([N+](=O)[O-])c2)C1. The highest BCUT2D eigenvalue weighted by Gasteiger charge is 2.30. The summed E-state index contributed by atoms with van der Waals surface area (Å²) in [5.74, 6) is 0.116. The first-order valence-electron chi connectivity index (χ1n) is 8.66. The maximum absolute atomic E-state index is 12.6. The molecule has 0 bridgehead atoms. The van der Waals surface area contributed by atoms with Gasteiger partial charge in [0.1, 0.15) is 0 Å². The zero-order chi connectivity index (χ0) is 18.4. The van der Waals surface area contributed by atoms with Crippen LogP contribution in [0.3, 0.4) is 0 Å². The molecule has 1 aromatic rings. The average Bonchev–Trinajstić information content (AvgIpc) is 2.65. The molecule has 0 N–H and O–H groups in total. The van der Waals surface area contributed by atoms with E-state index in [4.69, 9.17) is 4.74 Å². The lowest BCUT2D eigenvalue weighted by molar-refractivity contribution is -0.385. The van der Waals surface area contributed by atoms with Crippen molar-refractivity contribution in [1.82, 2.24) is 9.80 Å². The third-order valence-electron chi connectivity index (χ3n) is 4.92. The number of likely N-dealkylation sites (N-methyl/N-ethyl adjacent to an activating group) is 1. The molecule has 1 aliphatic heterocycles. The number of carbonyl (C=O) groups is 1. The predicted molar refractivity (Wildman–Crippen MR) is 95.3 cm³/mol. The van der Waals surface area contributed by atoms with E-state index in [1.54, 1.807) is 24.1 Å². The number of nitro groups is 1. The Hall–Kier alpha value is -1.99. The molecular weight excluding hydrogens is 322 g/mol. The number of ether oxygens (including phenoxy) is 1. The van der Waals surface area contributed by atoms with Crippen molar-refractivity contribution < 1.29 is 14.5 Å². The van der Waals surface area contributed by atoms with Crippen LogP contribution in [-0.2, 0) is 9.53 Å². The van der Waals surface area contributed by atoms with Crippen molar-refractivity contribution in [1.29, 1.82) is 0 Å². The van der Waals surface area contributed by atoms with Crippen LogP contribution in [0, 0.1) is 16.0 Å². The van der Waals surface area contributed by atoms with Crippen LogP contribution in [0.15, 0.2) is 24.3 Å². The van der Waals surface area contributed by atoms with Crippen molar-refractivity contribution >= 4 is 11.6 Å². The van der Waals surface area contributed by atoms with Crippen LogP contribution in [-0.4, -0.2) is 61.0 Å². The minimum absolute atomic E-state index is 0.0308. The Bertz CT molecular complexity index is 608. The largest absolute Gasteiger partial charge is 0.383 e. The fraction of sp³-hybridized carbons (Fsp3) is 0.611. The number of hydrogen-bond acceptors (Lipinski definition) is 5. The fourth-order valence-corrected chi connectivity index (χ4v) is 3.32. The number of carbonyl (C=O) groups excluding carboxylic acids is 1. The number of likely N-dealkylation sites (tertiary alicyclic amines) is 1. The Balaban J connectivity index is 2.03. The van der Waals surface area contributed by atoms with E-state index in [2.05, 4.69) is 4.90 Å². The van der Waals surface area contributed by atoms with E-state index in [9.17, 15) is 14.9 Å². The summed E-state index contributed by atoms with van der Waals surface area (Å²) in [4.78, 5) is 27.2. The minimum atomic E-state index is -0.372. The molecule has 0 aromatic heterocycles. The Kier molecular flexibility index (Phi) is 6.90. The Labute approximate surface area is 148 Å². The molecule has 1 heterocycles.